The van der Waals surface area contributed by atoms with Crippen LogP contribution in [-0.2, 0) is 15.8 Å². The van der Waals surface area contributed by atoms with Crippen LogP contribution in [0.25, 0.3) is 0 Å². The van der Waals surface area contributed by atoms with Crippen LogP contribution >= 0.6 is 7.14 Å². The predicted molar refractivity (Wildman–Crippen MR) is 184 cm³/mol. The Bertz CT molecular complexity index is 1190. The minimum Gasteiger partial charge on any atom is -0.483 e. The van der Waals surface area contributed by atoms with Gasteiger partial charge < -0.3 is 14.2 Å². The highest BCUT2D eigenvalue weighted by atomic mass is 31.2. The zero-order valence-corrected chi connectivity index (χ0v) is 27.8. The van der Waals surface area contributed by atoms with Crippen molar-refractivity contribution in [1.82, 2.24) is 4.90 Å². The van der Waals surface area contributed by atoms with E-state index in [2.05, 4.69) is 20.8 Å². The molecule has 0 atom stereocenters. The SMILES string of the molecule is CCCCCCCCN(CCCCCCCC)C(=O)COc1ccc(CC)cc1P(=O)(c1ccccc1)c1ccccc1. The molecule has 0 fully saturated rings. The van der Waals surface area contributed by atoms with Gasteiger partial charge in [-0.25, -0.2) is 0 Å². The summed E-state index contributed by atoms with van der Waals surface area (Å²) >= 11 is 0. The van der Waals surface area contributed by atoms with Crippen LogP contribution in [-0.4, -0.2) is 30.5 Å². The fraction of sp³-hybridized carbons (Fsp3) is 0.500. The van der Waals surface area contributed by atoms with Gasteiger partial charge in [-0.1, -0.05) is 152 Å². The van der Waals surface area contributed by atoms with Gasteiger partial charge in [-0.2, -0.15) is 0 Å². The van der Waals surface area contributed by atoms with Crippen LogP contribution in [0.3, 0.4) is 0 Å². The molecule has 0 saturated carbocycles. The van der Waals surface area contributed by atoms with Crippen LogP contribution in [0.2, 0.25) is 0 Å². The maximum absolute atomic E-state index is 15.2. The Hall–Kier alpha value is -2.84. The van der Waals surface area contributed by atoms with Crippen LogP contribution in [0.15, 0.2) is 78.9 Å². The third-order valence-electron chi connectivity index (χ3n) is 8.28. The molecule has 5 heteroatoms. The van der Waals surface area contributed by atoms with Crippen molar-refractivity contribution >= 4 is 29.0 Å². The van der Waals surface area contributed by atoms with Crippen molar-refractivity contribution < 1.29 is 14.1 Å². The summed E-state index contributed by atoms with van der Waals surface area (Å²) in [4.78, 5) is 15.6. The van der Waals surface area contributed by atoms with Gasteiger partial charge in [-0.05, 0) is 37.0 Å². The number of carbonyl (C=O) groups excluding carboxylic acids is 1. The lowest BCUT2D eigenvalue weighted by molar-refractivity contribution is -0.133. The van der Waals surface area contributed by atoms with Crippen LogP contribution in [0, 0.1) is 0 Å². The first kappa shape index (κ1) is 34.6. The summed E-state index contributed by atoms with van der Waals surface area (Å²) in [5, 5.41) is 2.19. The third-order valence-corrected chi connectivity index (χ3v) is 11.4. The fourth-order valence-electron chi connectivity index (χ4n) is 5.61. The van der Waals surface area contributed by atoms with E-state index in [4.69, 9.17) is 4.74 Å². The molecule has 1 amide bonds. The van der Waals surface area contributed by atoms with Crippen molar-refractivity contribution in [2.45, 2.75) is 104 Å². The monoisotopic (exact) mass is 603 g/mol. The number of unbranched alkanes of at least 4 members (excludes halogenated alkanes) is 10. The highest BCUT2D eigenvalue weighted by Gasteiger charge is 2.33. The number of ether oxygens (including phenoxy) is 1. The van der Waals surface area contributed by atoms with Crippen molar-refractivity contribution in [2.75, 3.05) is 19.7 Å². The van der Waals surface area contributed by atoms with Gasteiger partial charge in [0.1, 0.15) is 5.75 Å². The molecular formula is C38H54NO3P. The molecular weight excluding hydrogens is 549 g/mol. The first-order valence-corrected chi connectivity index (χ1v) is 18.5. The van der Waals surface area contributed by atoms with Gasteiger partial charge in [0.2, 0.25) is 0 Å². The summed E-state index contributed by atoms with van der Waals surface area (Å²) in [6, 6.07) is 25.3. The summed E-state index contributed by atoms with van der Waals surface area (Å²) in [7, 11) is -3.25. The number of amides is 1. The Labute approximate surface area is 261 Å². The van der Waals surface area contributed by atoms with Gasteiger partial charge in [0.25, 0.3) is 5.91 Å². The molecule has 0 radical (unpaired) electrons. The van der Waals surface area contributed by atoms with Crippen molar-refractivity contribution in [1.29, 1.82) is 0 Å². The smallest absolute Gasteiger partial charge is 0.260 e. The lowest BCUT2D eigenvalue weighted by Crippen LogP contribution is -2.37. The molecule has 0 aliphatic carbocycles. The number of aryl methyl sites for hydroxylation is 1. The van der Waals surface area contributed by atoms with Crippen LogP contribution in [0.1, 0.15) is 103 Å². The Balaban J connectivity index is 1.81. The summed E-state index contributed by atoms with van der Waals surface area (Å²) in [5.74, 6) is 0.544. The Kier molecular flexibility index (Phi) is 15.7. The minimum absolute atomic E-state index is 0.0156. The molecule has 0 spiro atoms. The Morgan fingerprint density at radius 2 is 1.14 bits per heavy atom. The molecule has 0 saturated heterocycles. The fourth-order valence-corrected chi connectivity index (χ4v) is 8.45. The normalized spacial score (nSPS) is 11.4. The van der Waals surface area contributed by atoms with E-state index < -0.39 is 7.14 Å². The molecule has 0 unspecified atom stereocenters. The molecule has 0 aliphatic heterocycles. The number of hydrogen-bond donors (Lipinski definition) is 0. The van der Waals surface area contributed by atoms with E-state index in [1.54, 1.807) is 0 Å². The van der Waals surface area contributed by atoms with E-state index in [0.29, 0.717) is 11.1 Å². The standard InChI is InChI=1S/C38H54NO3P/c1-4-7-9-11-13-21-29-39(30-22-14-12-10-8-5-2)38(40)32-42-36-28-27-33(6-3)31-37(36)43(41,34-23-17-15-18-24-34)35-25-19-16-20-26-35/h15-20,23-28,31H,4-14,21-22,29-30,32H2,1-3H3. The lowest BCUT2D eigenvalue weighted by Gasteiger charge is -2.25. The quantitative estimate of drug-likeness (QED) is 0.0903. The average molecular weight is 604 g/mol. The van der Waals surface area contributed by atoms with Gasteiger partial charge in [-0.15, -0.1) is 0 Å². The van der Waals surface area contributed by atoms with Crippen molar-refractivity contribution in [3.63, 3.8) is 0 Å². The van der Waals surface area contributed by atoms with E-state index in [0.717, 1.165) is 61.4 Å². The summed E-state index contributed by atoms with van der Waals surface area (Å²) < 4.78 is 21.5. The molecule has 43 heavy (non-hydrogen) atoms. The van der Waals surface area contributed by atoms with E-state index in [9.17, 15) is 4.79 Å². The summed E-state index contributed by atoms with van der Waals surface area (Å²) in [5.41, 5.74) is 1.09. The van der Waals surface area contributed by atoms with Gasteiger partial charge >= 0.3 is 0 Å². The summed E-state index contributed by atoms with van der Waals surface area (Å²) in [6.07, 6.45) is 15.2. The molecule has 3 aromatic rings. The van der Waals surface area contributed by atoms with Gasteiger partial charge in [-0.3, -0.25) is 4.79 Å². The second-order valence-electron chi connectivity index (χ2n) is 11.6. The molecule has 0 aromatic heterocycles. The Morgan fingerprint density at radius 3 is 1.63 bits per heavy atom. The number of benzene rings is 3. The predicted octanol–water partition coefficient (Wildman–Crippen LogP) is 8.82. The van der Waals surface area contributed by atoms with Gasteiger partial charge in [0.15, 0.2) is 13.7 Å². The zero-order valence-electron chi connectivity index (χ0n) is 26.9. The third kappa shape index (κ3) is 10.7. The highest BCUT2D eigenvalue weighted by molar-refractivity contribution is 7.85. The second kappa shape index (κ2) is 19.4. The Morgan fingerprint density at radius 1 is 0.651 bits per heavy atom. The average Bonchev–Trinajstić information content (AvgIpc) is 3.06. The van der Waals surface area contributed by atoms with Crippen molar-refractivity contribution in [3.05, 3.63) is 84.4 Å². The molecule has 234 valence electrons. The molecule has 0 heterocycles. The van der Waals surface area contributed by atoms with Gasteiger partial charge in [0.05, 0.1) is 5.30 Å². The van der Waals surface area contributed by atoms with Gasteiger partial charge in [0, 0.05) is 23.7 Å². The number of nitrogens with zero attached hydrogens (tertiary/aromatic N) is 1. The van der Waals surface area contributed by atoms with Crippen LogP contribution in [0.4, 0.5) is 0 Å². The summed E-state index contributed by atoms with van der Waals surface area (Å²) in [6.45, 7) is 8.07. The maximum atomic E-state index is 15.2. The van der Waals surface area contributed by atoms with E-state index in [1.165, 1.54) is 51.4 Å². The van der Waals surface area contributed by atoms with Crippen molar-refractivity contribution in [3.8, 4) is 5.75 Å². The lowest BCUT2D eigenvalue weighted by atomic mass is 10.1. The topological polar surface area (TPSA) is 46.6 Å². The van der Waals surface area contributed by atoms with Crippen LogP contribution < -0.4 is 20.7 Å². The molecule has 0 bridgehead atoms. The molecule has 3 rings (SSSR count). The zero-order chi connectivity index (χ0) is 30.8. The van der Waals surface area contributed by atoms with Crippen LogP contribution in [0.5, 0.6) is 5.75 Å². The van der Waals surface area contributed by atoms with E-state index in [-0.39, 0.29) is 12.5 Å². The van der Waals surface area contributed by atoms with E-state index in [1.807, 2.05) is 83.8 Å². The molecule has 4 nitrogen and oxygen atoms in total. The number of carbonyl (C=O) groups is 1. The number of hydrogen-bond acceptors (Lipinski definition) is 3. The largest absolute Gasteiger partial charge is 0.483 e. The number of rotatable bonds is 21. The first-order chi connectivity index (χ1) is 21.0. The first-order valence-electron chi connectivity index (χ1n) is 16.8. The maximum Gasteiger partial charge on any atom is 0.260 e. The molecule has 3 aromatic carbocycles. The van der Waals surface area contributed by atoms with E-state index >= 15 is 4.57 Å². The second-order valence-corrected chi connectivity index (χ2v) is 14.4. The van der Waals surface area contributed by atoms with Crippen molar-refractivity contribution in [2.24, 2.45) is 0 Å². The molecule has 0 N–H and O–H groups in total. The minimum atomic E-state index is -3.25. The highest BCUT2D eigenvalue weighted by Crippen LogP contribution is 2.45. The molecule has 0 aliphatic rings.